The minimum absolute atomic E-state index is 0.197. The normalized spacial score (nSPS) is 21.0. The largest absolute Gasteiger partial charge is 0.508 e. The molecule has 136 valence electrons. The van der Waals surface area contributed by atoms with Crippen LogP contribution in [0.15, 0.2) is 48.1 Å². The molecule has 3 heteroatoms. The van der Waals surface area contributed by atoms with Crippen molar-refractivity contribution in [1.82, 2.24) is 0 Å². The smallest absolute Gasteiger partial charge is 0.335 e. The number of unbranched alkanes of at least 4 members (excludes halogenated alkanes) is 4. The fraction of sp³-hybridized carbons (Fsp3) is 0.500. The molecule has 0 bridgehead atoms. The van der Waals surface area contributed by atoms with E-state index in [9.17, 15) is 15.0 Å². The second-order valence-electron chi connectivity index (χ2n) is 7.19. The van der Waals surface area contributed by atoms with E-state index in [1.807, 2.05) is 18.2 Å². The van der Waals surface area contributed by atoms with E-state index in [1.54, 1.807) is 18.2 Å². The number of phenols is 1. The second kappa shape index (κ2) is 8.89. The second-order valence-corrected chi connectivity index (χ2v) is 7.19. The average Bonchev–Trinajstić information content (AvgIpc) is 2.62. The summed E-state index contributed by atoms with van der Waals surface area (Å²) in [5.74, 6) is -0.211. The lowest BCUT2D eigenvalue weighted by atomic mass is 9.65. The predicted octanol–water partition coefficient (Wildman–Crippen LogP) is 5.60. The van der Waals surface area contributed by atoms with Crippen LogP contribution in [0.4, 0.5) is 0 Å². The lowest BCUT2D eigenvalue weighted by molar-refractivity contribution is -0.132. The number of carbonyl (C=O) groups is 1. The van der Waals surface area contributed by atoms with Gasteiger partial charge in [0.15, 0.2) is 0 Å². The van der Waals surface area contributed by atoms with Crippen molar-refractivity contribution < 1.29 is 15.0 Å². The minimum Gasteiger partial charge on any atom is -0.508 e. The summed E-state index contributed by atoms with van der Waals surface area (Å²) in [6.07, 6.45) is 13.7. The number of allylic oxidation sites excluding steroid dienone is 2. The van der Waals surface area contributed by atoms with E-state index in [4.69, 9.17) is 0 Å². The number of hydrogen-bond acceptors (Lipinski definition) is 2. The van der Waals surface area contributed by atoms with Crippen LogP contribution in [0.1, 0.15) is 64.4 Å². The van der Waals surface area contributed by atoms with Crippen molar-refractivity contribution in [2.75, 3.05) is 0 Å². The fourth-order valence-electron chi connectivity index (χ4n) is 3.76. The van der Waals surface area contributed by atoms with E-state index in [0.717, 1.165) is 12.0 Å². The summed E-state index contributed by atoms with van der Waals surface area (Å²) in [5.41, 5.74) is 1.31. The number of benzene rings is 1. The van der Waals surface area contributed by atoms with Crippen LogP contribution in [0.3, 0.4) is 0 Å². The number of aliphatic carboxylic acids is 1. The van der Waals surface area contributed by atoms with Crippen molar-refractivity contribution in [2.45, 2.75) is 64.2 Å². The molecule has 0 radical (unpaired) electrons. The molecule has 0 aromatic heterocycles. The van der Waals surface area contributed by atoms with Crippen LogP contribution < -0.4 is 0 Å². The highest BCUT2D eigenvalue weighted by molar-refractivity contribution is 5.90. The van der Waals surface area contributed by atoms with Crippen LogP contribution in [0, 0.1) is 5.92 Å². The van der Waals surface area contributed by atoms with Gasteiger partial charge >= 0.3 is 5.97 Å². The highest BCUT2D eigenvalue weighted by atomic mass is 16.4. The van der Waals surface area contributed by atoms with Crippen LogP contribution in [0.2, 0.25) is 0 Å². The summed E-state index contributed by atoms with van der Waals surface area (Å²) in [6.45, 7) is 4.48. The van der Waals surface area contributed by atoms with Crippen molar-refractivity contribution in [3.05, 3.63) is 53.6 Å². The van der Waals surface area contributed by atoms with E-state index in [0.29, 0.717) is 17.9 Å². The molecule has 2 atom stereocenters. The van der Waals surface area contributed by atoms with Crippen molar-refractivity contribution in [3.8, 4) is 5.75 Å². The van der Waals surface area contributed by atoms with Gasteiger partial charge in [0.25, 0.3) is 0 Å². The molecular formula is C22H30O3. The average molecular weight is 342 g/mol. The van der Waals surface area contributed by atoms with Crippen LogP contribution in [0.5, 0.6) is 5.75 Å². The van der Waals surface area contributed by atoms with E-state index >= 15 is 0 Å². The molecule has 3 nitrogen and oxygen atoms in total. The Morgan fingerprint density at radius 3 is 2.40 bits per heavy atom. The van der Waals surface area contributed by atoms with Gasteiger partial charge in [-0.05, 0) is 36.5 Å². The zero-order valence-electron chi connectivity index (χ0n) is 15.4. The fourth-order valence-corrected chi connectivity index (χ4v) is 3.76. The van der Waals surface area contributed by atoms with Crippen LogP contribution in [-0.2, 0) is 10.2 Å². The molecule has 2 N–H and O–H groups in total. The quantitative estimate of drug-likeness (QED) is 0.574. The lowest BCUT2D eigenvalue weighted by Gasteiger charge is -2.38. The summed E-state index contributed by atoms with van der Waals surface area (Å²) >= 11 is 0. The number of hydrogen-bond donors (Lipinski definition) is 2. The summed E-state index contributed by atoms with van der Waals surface area (Å²) in [6, 6.07) is 7.37. The first-order chi connectivity index (χ1) is 12.0. The zero-order chi connectivity index (χ0) is 18.3. The molecule has 1 unspecified atom stereocenters. The van der Waals surface area contributed by atoms with Crippen molar-refractivity contribution in [2.24, 2.45) is 5.92 Å². The van der Waals surface area contributed by atoms with Gasteiger partial charge in [0.1, 0.15) is 5.75 Å². The number of aromatic hydroxyl groups is 1. The van der Waals surface area contributed by atoms with Crippen LogP contribution >= 0.6 is 0 Å². The predicted molar refractivity (Wildman–Crippen MR) is 102 cm³/mol. The maximum atomic E-state index is 11.2. The monoisotopic (exact) mass is 342 g/mol. The standard InChI is InChI=1S/C22H30O3/c1-3-4-5-6-7-8-17(2)22(19-9-11-20(23)12-10-19)15-13-18(14-16-22)21(24)25/h9-15,17,23H,3-8,16H2,1-2H3,(H,24,25)/t17?,22-/m1/s1. The first kappa shape index (κ1) is 19.3. The molecule has 0 amide bonds. The Balaban J connectivity index is 2.17. The Labute approximate surface area is 151 Å². The number of rotatable bonds is 9. The molecule has 1 aromatic carbocycles. The molecule has 1 aliphatic carbocycles. The Morgan fingerprint density at radius 1 is 1.16 bits per heavy atom. The van der Waals surface area contributed by atoms with E-state index < -0.39 is 5.97 Å². The van der Waals surface area contributed by atoms with Gasteiger partial charge in [0.2, 0.25) is 0 Å². The van der Waals surface area contributed by atoms with Crippen LogP contribution in [-0.4, -0.2) is 16.2 Å². The van der Waals surface area contributed by atoms with Gasteiger partial charge in [-0.2, -0.15) is 0 Å². The maximum Gasteiger partial charge on any atom is 0.335 e. The minimum atomic E-state index is -0.872. The Bertz CT molecular complexity index is 627. The Hall–Kier alpha value is -2.03. The zero-order valence-corrected chi connectivity index (χ0v) is 15.4. The summed E-state index contributed by atoms with van der Waals surface area (Å²) < 4.78 is 0. The maximum absolute atomic E-state index is 11.2. The molecule has 0 fully saturated rings. The molecule has 1 aromatic rings. The van der Waals surface area contributed by atoms with Gasteiger partial charge < -0.3 is 10.2 Å². The summed E-state index contributed by atoms with van der Waals surface area (Å²) in [5, 5.41) is 18.8. The molecule has 2 rings (SSSR count). The third kappa shape index (κ3) is 4.75. The molecule has 25 heavy (non-hydrogen) atoms. The van der Waals surface area contributed by atoms with Crippen molar-refractivity contribution >= 4 is 5.97 Å². The van der Waals surface area contributed by atoms with Crippen molar-refractivity contribution in [3.63, 3.8) is 0 Å². The molecule has 0 aliphatic heterocycles. The third-order valence-electron chi connectivity index (χ3n) is 5.49. The summed E-state index contributed by atoms with van der Waals surface area (Å²) in [4.78, 5) is 11.2. The molecule has 0 heterocycles. The highest BCUT2D eigenvalue weighted by Crippen LogP contribution is 2.43. The SMILES string of the molecule is CCCCCCCC(C)[C@@]1(c2ccc(O)cc2)C=CC(C(=O)O)=CC1. The van der Waals surface area contributed by atoms with E-state index in [-0.39, 0.29) is 11.2 Å². The number of carboxylic acid groups (broad SMARTS) is 1. The highest BCUT2D eigenvalue weighted by Gasteiger charge is 2.36. The van der Waals surface area contributed by atoms with Gasteiger partial charge in [-0.3, -0.25) is 0 Å². The van der Waals surface area contributed by atoms with Gasteiger partial charge in [-0.15, -0.1) is 0 Å². The van der Waals surface area contributed by atoms with Gasteiger partial charge in [0, 0.05) is 5.41 Å². The van der Waals surface area contributed by atoms with Gasteiger partial charge in [0.05, 0.1) is 5.57 Å². The Kier molecular flexibility index (Phi) is 6.86. The number of phenolic OH excluding ortho intramolecular Hbond substituents is 1. The first-order valence-electron chi connectivity index (χ1n) is 9.42. The number of carboxylic acids is 1. The molecule has 0 saturated carbocycles. The van der Waals surface area contributed by atoms with Crippen LogP contribution in [0.25, 0.3) is 0 Å². The van der Waals surface area contributed by atoms with Gasteiger partial charge in [-0.25, -0.2) is 4.79 Å². The lowest BCUT2D eigenvalue weighted by Crippen LogP contribution is -2.33. The van der Waals surface area contributed by atoms with Gasteiger partial charge in [-0.1, -0.05) is 76.3 Å². The molecule has 0 saturated heterocycles. The Morgan fingerprint density at radius 2 is 1.84 bits per heavy atom. The summed E-state index contributed by atoms with van der Waals surface area (Å²) in [7, 11) is 0. The third-order valence-corrected chi connectivity index (χ3v) is 5.49. The molecule has 1 aliphatic rings. The van der Waals surface area contributed by atoms with E-state index in [1.165, 1.54) is 32.1 Å². The first-order valence-corrected chi connectivity index (χ1v) is 9.42. The topological polar surface area (TPSA) is 57.5 Å². The van der Waals surface area contributed by atoms with Crippen molar-refractivity contribution in [1.29, 1.82) is 0 Å². The molecular weight excluding hydrogens is 312 g/mol. The van der Waals surface area contributed by atoms with E-state index in [2.05, 4.69) is 19.9 Å². The molecule has 0 spiro atoms.